The van der Waals surface area contributed by atoms with Gasteiger partial charge in [-0.3, -0.25) is 4.79 Å². The van der Waals surface area contributed by atoms with Crippen molar-refractivity contribution in [2.45, 2.75) is 18.1 Å². The number of hydrogen-bond donors (Lipinski definition) is 2. The van der Waals surface area contributed by atoms with Crippen molar-refractivity contribution in [3.63, 3.8) is 0 Å². The average molecular weight is 329 g/mol. The Labute approximate surface area is 132 Å². The molecular weight excluding hydrogens is 312 g/mol. The largest absolute Gasteiger partial charge is 0.454 e. The van der Waals surface area contributed by atoms with Gasteiger partial charge in [0.25, 0.3) is 0 Å². The van der Waals surface area contributed by atoms with Crippen molar-refractivity contribution in [1.82, 2.24) is 5.32 Å². The maximum atomic E-state index is 12.0. The molecule has 2 N–H and O–H groups in total. The molecule has 2 aliphatic heterocycles. The van der Waals surface area contributed by atoms with Crippen LogP contribution in [-0.4, -0.2) is 36.8 Å². The highest BCUT2D eigenvalue weighted by Crippen LogP contribution is 2.39. The second-order valence-electron chi connectivity index (χ2n) is 4.99. The highest BCUT2D eigenvalue weighted by molar-refractivity contribution is 8.00. The molecule has 1 aromatic rings. The zero-order valence-electron chi connectivity index (χ0n) is 11.5. The molecule has 1 amide bonds. The van der Waals surface area contributed by atoms with E-state index in [1.54, 1.807) is 23.9 Å². The van der Waals surface area contributed by atoms with Crippen LogP contribution in [0, 0.1) is 0 Å². The third-order valence-electron chi connectivity index (χ3n) is 3.47. The van der Waals surface area contributed by atoms with Gasteiger partial charge in [-0.15, -0.1) is 11.8 Å². The van der Waals surface area contributed by atoms with E-state index in [2.05, 4.69) is 10.6 Å². The van der Waals surface area contributed by atoms with Crippen LogP contribution >= 0.6 is 23.4 Å². The summed E-state index contributed by atoms with van der Waals surface area (Å²) < 4.78 is 10.5. The molecule has 114 valence electrons. The summed E-state index contributed by atoms with van der Waals surface area (Å²) in [6.07, 6.45) is 2.23. The van der Waals surface area contributed by atoms with Crippen LogP contribution in [0.4, 0.5) is 5.69 Å². The fourth-order valence-corrected chi connectivity index (χ4v) is 3.58. The van der Waals surface area contributed by atoms with Gasteiger partial charge in [0, 0.05) is 17.4 Å². The van der Waals surface area contributed by atoms with Gasteiger partial charge in [0.15, 0.2) is 11.5 Å². The van der Waals surface area contributed by atoms with Crippen molar-refractivity contribution in [2.75, 3.05) is 31.0 Å². The number of hydrogen-bond acceptors (Lipinski definition) is 5. The van der Waals surface area contributed by atoms with Gasteiger partial charge in [0.2, 0.25) is 12.7 Å². The van der Waals surface area contributed by atoms with Crippen molar-refractivity contribution >= 4 is 35.0 Å². The first-order valence-corrected chi connectivity index (χ1v) is 8.36. The summed E-state index contributed by atoms with van der Waals surface area (Å²) in [6.45, 7) is 2.26. The smallest absolute Gasteiger partial charge is 0.234 e. The Morgan fingerprint density at radius 1 is 1.33 bits per heavy atom. The van der Waals surface area contributed by atoms with E-state index in [0.717, 1.165) is 25.9 Å². The van der Waals surface area contributed by atoms with Gasteiger partial charge in [-0.05, 0) is 25.9 Å². The molecule has 0 unspecified atom stereocenters. The molecular formula is C14H17ClN2O3S. The lowest BCUT2D eigenvalue weighted by Gasteiger charge is -2.21. The van der Waals surface area contributed by atoms with Gasteiger partial charge in [-0.1, -0.05) is 11.6 Å². The van der Waals surface area contributed by atoms with Crippen molar-refractivity contribution in [3.8, 4) is 11.5 Å². The van der Waals surface area contributed by atoms with E-state index in [1.807, 2.05) is 0 Å². The molecule has 2 aliphatic rings. The molecule has 0 bridgehead atoms. The van der Waals surface area contributed by atoms with E-state index in [0.29, 0.717) is 33.2 Å². The number of ether oxygens (including phenoxy) is 2. The number of anilines is 1. The van der Waals surface area contributed by atoms with E-state index in [4.69, 9.17) is 21.1 Å². The molecule has 2 heterocycles. The van der Waals surface area contributed by atoms with Gasteiger partial charge < -0.3 is 20.1 Å². The minimum atomic E-state index is -0.0423. The van der Waals surface area contributed by atoms with E-state index >= 15 is 0 Å². The second-order valence-corrected chi connectivity index (χ2v) is 6.69. The van der Waals surface area contributed by atoms with Gasteiger partial charge in [0.05, 0.1) is 16.5 Å². The van der Waals surface area contributed by atoms with E-state index in [9.17, 15) is 4.79 Å². The molecule has 0 saturated carbocycles. The standard InChI is InChI=1S/C14H17ClN2O3S/c15-10-5-12-13(20-8-19-12)6-11(10)17-14(18)7-21-9-1-3-16-4-2-9/h5-6,9,16H,1-4,7-8H2,(H,17,18). The lowest BCUT2D eigenvalue weighted by molar-refractivity contribution is -0.113. The van der Waals surface area contributed by atoms with Crippen LogP contribution in [0.5, 0.6) is 11.5 Å². The Morgan fingerprint density at radius 3 is 2.81 bits per heavy atom. The predicted molar refractivity (Wildman–Crippen MR) is 84.6 cm³/mol. The van der Waals surface area contributed by atoms with Crippen molar-refractivity contribution < 1.29 is 14.3 Å². The highest BCUT2D eigenvalue weighted by Gasteiger charge is 2.19. The van der Waals surface area contributed by atoms with E-state index in [1.165, 1.54) is 0 Å². The number of halogens is 1. The molecule has 0 spiro atoms. The summed E-state index contributed by atoms with van der Waals surface area (Å²) >= 11 is 7.84. The van der Waals surface area contributed by atoms with Crippen LogP contribution in [0.2, 0.25) is 5.02 Å². The average Bonchev–Trinajstić information content (AvgIpc) is 2.94. The second kappa shape index (κ2) is 6.77. The lowest BCUT2D eigenvalue weighted by Crippen LogP contribution is -2.30. The van der Waals surface area contributed by atoms with Crippen molar-refractivity contribution in [2.24, 2.45) is 0 Å². The summed E-state index contributed by atoms with van der Waals surface area (Å²) in [5.74, 6) is 1.62. The number of amides is 1. The maximum absolute atomic E-state index is 12.0. The normalized spacial score (nSPS) is 17.8. The zero-order chi connectivity index (χ0) is 14.7. The van der Waals surface area contributed by atoms with Crippen molar-refractivity contribution in [1.29, 1.82) is 0 Å². The Bertz CT molecular complexity index is 535. The first-order chi connectivity index (χ1) is 10.2. The fourth-order valence-electron chi connectivity index (χ4n) is 2.35. The minimum Gasteiger partial charge on any atom is -0.454 e. The van der Waals surface area contributed by atoms with Gasteiger partial charge in [0.1, 0.15) is 0 Å². The zero-order valence-corrected chi connectivity index (χ0v) is 13.1. The Balaban J connectivity index is 1.54. The monoisotopic (exact) mass is 328 g/mol. The number of carbonyl (C=O) groups is 1. The molecule has 1 aromatic carbocycles. The summed E-state index contributed by atoms with van der Waals surface area (Å²) in [6, 6.07) is 3.37. The summed E-state index contributed by atoms with van der Waals surface area (Å²) in [5.41, 5.74) is 0.567. The molecule has 7 heteroatoms. The Morgan fingerprint density at radius 2 is 2.05 bits per heavy atom. The summed E-state index contributed by atoms with van der Waals surface area (Å²) in [4.78, 5) is 12.0. The van der Waals surface area contributed by atoms with E-state index in [-0.39, 0.29) is 12.7 Å². The molecule has 0 aromatic heterocycles. The van der Waals surface area contributed by atoms with E-state index < -0.39 is 0 Å². The first-order valence-electron chi connectivity index (χ1n) is 6.93. The number of fused-ring (bicyclic) bond motifs is 1. The Hall–Kier alpha value is -1.11. The topological polar surface area (TPSA) is 59.6 Å². The molecule has 21 heavy (non-hydrogen) atoms. The number of carbonyl (C=O) groups excluding carboxylic acids is 1. The number of rotatable bonds is 4. The Kier molecular flexibility index (Phi) is 4.77. The lowest BCUT2D eigenvalue weighted by atomic mass is 10.2. The van der Waals surface area contributed by atoms with Gasteiger partial charge >= 0.3 is 0 Å². The number of nitrogens with one attached hydrogen (secondary N) is 2. The van der Waals surface area contributed by atoms with Gasteiger partial charge in [-0.25, -0.2) is 0 Å². The predicted octanol–water partition coefficient (Wildman–Crippen LogP) is 2.49. The molecule has 0 atom stereocenters. The van der Waals surface area contributed by atoms with Gasteiger partial charge in [-0.2, -0.15) is 0 Å². The number of piperidine rings is 1. The summed E-state index contributed by atoms with van der Waals surface area (Å²) in [5, 5.41) is 7.17. The van der Waals surface area contributed by atoms with Crippen LogP contribution in [0.25, 0.3) is 0 Å². The quantitative estimate of drug-likeness (QED) is 0.889. The molecule has 3 rings (SSSR count). The van der Waals surface area contributed by atoms with Crippen LogP contribution < -0.4 is 20.1 Å². The maximum Gasteiger partial charge on any atom is 0.234 e. The third kappa shape index (κ3) is 3.75. The molecule has 0 aliphatic carbocycles. The third-order valence-corrected chi connectivity index (χ3v) is 5.16. The van der Waals surface area contributed by atoms with Crippen LogP contribution in [0.1, 0.15) is 12.8 Å². The molecule has 5 nitrogen and oxygen atoms in total. The highest BCUT2D eigenvalue weighted by atomic mass is 35.5. The van der Waals surface area contributed by atoms with Crippen LogP contribution in [-0.2, 0) is 4.79 Å². The molecule has 0 radical (unpaired) electrons. The van der Waals surface area contributed by atoms with Crippen LogP contribution in [0.3, 0.4) is 0 Å². The molecule has 1 fully saturated rings. The SMILES string of the molecule is O=C(CSC1CCNCC1)Nc1cc2c(cc1Cl)OCO2. The number of thioether (sulfide) groups is 1. The molecule has 1 saturated heterocycles. The van der Waals surface area contributed by atoms with Crippen LogP contribution in [0.15, 0.2) is 12.1 Å². The number of benzene rings is 1. The van der Waals surface area contributed by atoms with Crippen molar-refractivity contribution in [3.05, 3.63) is 17.2 Å². The first kappa shape index (κ1) is 14.8. The summed E-state index contributed by atoms with van der Waals surface area (Å²) in [7, 11) is 0. The minimum absolute atomic E-state index is 0.0423. The fraction of sp³-hybridized carbons (Fsp3) is 0.500.